The van der Waals surface area contributed by atoms with Crippen molar-refractivity contribution in [1.82, 2.24) is 4.90 Å². The van der Waals surface area contributed by atoms with Gasteiger partial charge in [0.2, 0.25) is 0 Å². The van der Waals surface area contributed by atoms with Crippen molar-refractivity contribution in [2.24, 2.45) is 0 Å². The van der Waals surface area contributed by atoms with Gasteiger partial charge in [-0.3, -0.25) is 4.90 Å². The molecule has 0 unspecified atom stereocenters. The van der Waals surface area contributed by atoms with Crippen molar-refractivity contribution in [2.75, 3.05) is 19.7 Å². The van der Waals surface area contributed by atoms with Gasteiger partial charge >= 0.3 is 0 Å². The molecule has 0 aromatic heterocycles. The van der Waals surface area contributed by atoms with Gasteiger partial charge in [-0.2, -0.15) is 0 Å². The molecule has 0 radical (unpaired) electrons. The fourth-order valence-electron chi connectivity index (χ4n) is 1.59. The van der Waals surface area contributed by atoms with Crippen LogP contribution in [0.1, 0.15) is 34.1 Å². The van der Waals surface area contributed by atoms with Crippen LogP contribution in [0.25, 0.3) is 0 Å². The van der Waals surface area contributed by atoms with Gasteiger partial charge in [-0.1, -0.05) is 6.92 Å². The zero-order valence-electron chi connectivity index (χ0n) is 8.76. The van der Waals surface area contributed by atoms with E-state index in [0.717, 1.165) is 19.7 Å². The third kappa shape index (κ3) is 2.20. The highest BCUT2D eigenvalue weighted by Gasteiger charge is 2.28. The summed E-state index contributed by atoms with van der Waals surface area (Å²) in [6.07, 6.45) is 1.62. The van der Waals surface area contributed by atoms with E-state index in [1.165, 1.54) is 6.42 Å². The van der Waals surface area contributed by atoms with Crippen LogP contribution >= 0.6 is 0 Å². The number of nitrogens with zero attached hydrogens (tertiary/aromatic N) is 1. The maximum Gasteiger partial charge on any atom is 0.0674 e. The number of rotatable bonds is 2. The monoisotopic (exact) mass is 171 g/mol. The van der Waals surface area contributed by atoms with Gasteiger partial charge < -0.3 is 4.74 Å². The Morgan fingerprint density at radius 1 is 1.50 bits per heavy atom. The first kappa shape index (κ1) is 10.0. The maximum atomic E-state index is 5.51. The van der Waals surface area contributed by atoms with Crippen LogP contribution in [0.2, 0.25) is 0 Å². The summed E-state index contributed by atoms with van der Waals surface area (Å²) in [7, 11) is 0. The molecule has 1 aliphatic rings. The highest BCUT2D eigenvalue weighted by molar-refractivity contribution is 4.83. The Kier molecular flexibility index (Phi) is 3.13. The molecule has 0 saturated carbocycles. The Hall–Kier alpha value is -0.0800. The first-order chi connectivity index (χ1) is 5.56. The Labute approximate surface area is 75.9 Å². The Morgan fingerprint density at radius 2 is 2.17 bits per heavy atom. The van der Waals surface area contributed by atoms with Gasteiger partial charge in [0.1, 0.15) is 0 Å². The summed E-state index contributed by atoms with van der Waals surface area (Å²) in [4.78, 5) is 2.53. The van der Waals surface area contributed by atoms with Crippen molar-refractivity contribution in [3.63, 3.8) is 0 Å². The SMILES string of the molecule is CCC(C)(C)N1CCO[C@@H](C)C1. The maximum absolute atomic E-state index is 5.51. The topological polar surface area (TPSA) is 12.5 Å². The molecule has 1 heterocycles. The molecule has 0 spiro atoms. The van der Waals surface area contributed by atoms with Gasteiger partial charge in [0.15, 0.2) is 0 Å². The molecular formula is C10H21NO. The average molecular weight is 171 g/mol. The summed E-state index contributed by atoms with van der Waals surface area (Å²) in [5.74, 6) is 0. The Bertz CT molecular complexity index is 145. The lowest BCUT2D eigenvalue weighted by Gasteiger charge is -2.42. The minimum atomic E-state index is 0.345. The predicted octanol–water partition coefficient (Wildman–Crippen LogP) is 1.90. The van der Waals surface area contributed by atoms with Crippen LogP contribution in [0.15, 0.2) is 0 Å². The third-order valence-corrected chi connectivity index (χ3v) is 2.96. The number of morpholine rings is 1. The molecule has 1 fully saturated rings. The zero-order chi connectivity index (χ0) is 9.19. The van der Waals surface area contributed by atoms with Gasteiger partial charge in [0, 0.05) is 18.6 Å². The quantitative estimate of drug-likeness (QED) is 0.629. The second-order valence-corrected chi connectivity index (χ2v) is 4.29. The van der Waals surface area contributed by atoms with E-state index in [1.54, 1.807) is 0 Å². The van der Waals surface area contributed by atoms with E-state index in [1.807, 2.05) is 0 Å². The van der Waals surface area contributed by atoms with Crippen LogP contribution in [0.5, 0.6) is 0 Å². The highest BCUT2D eigenvalue weighted by atomic mass is 16.5. The lowest BCUT2D eigenvalue weighted by molar-refractivity contribution is -0.0546. The van der Waals surface area contributed by atoms with Crippen molar-refractivity contribution in [3.8, 4) is 0 Å². The fraction of sp³-hybridized carbons (Fsp3) is 1.00. The van der Waals surface area contributed by atoms with Gasteiger partial charge in [-0.05, 0) is 27.2 Å². The molecule has 0 aliphatic carbocycles. The van der Waals surface area contributed by atoms with Gasteiger partial charge in [0.25, 0.3) is 0 Å². The molecule has 1 saturated heterocycles. The van der Waals surface area contributed by atoms with Crippen molar-refractivity contribution in [1.29, 1.82) is 0 Å². The normalized spacial score (nSPS) is 27.5. The van der Waals surface area contributed by atoms with E-state index in [9.17, 15) is 0 Å². The Balaban J connectivity index is 2.50. The smallest absolute Gasteiger partial charge is 0.0674 e. The molecule has 2 heteroatoms. The molecular weight excluding hydrogens is 150 g/mol. The van der Waals surface area contributed by atoms with Gasteiger partial charge in [-0.25, -0.2) is 0 Å². The van der Waals surface area contributed by atoms with Crippen LogP contribution in [-0.2, 0) is 4.74 Å². The summed E-state index contributed by atoms with van der Waals surface area (Å²) >= 11 is 0. The summed E-state index contributed by atoms with van der Waals surface area (Å²) in [6.45, 7) is 12.1. The molecule has 0 amide bonds. The van der Waals surface area contributed by atoms with Crippen LogP contribution in [0, 0.1) is 0 Å². The first-order valence-corrected chi connectivity index (χ1v) is 4.93. The van der Waals surface area contributed by atoms with Crippen molar-refractivity contribution < 1.29 is 4.74 Å². The van der Waals surface area contributed by atoms with Gasteiger partial charge in [-0.15, -0.1) is 0 Å². The molecule has 0 N–H and O–H groups in total. The van der Waals surface area contributed by atoms with Crippen LogP contribution in [0.3, 0.4) is 0 Å². The summed E-state index contributed by atoms with van der Waals surface area (Å²) < 4.78 is 5.51. The van der Waals surface area contributed by atoms with E-state index in [4.69, 9.17) is 4.74 Å². The molecule has 2 nitrogen and oxygen atoms in total. The van der Waals surface area contributed by atoms with E-state index < -0.39 is 0 Å². The molecule has 1 rings (SSSR count). The minimum Gasteiger partial charge on any atom is -0.376 e. The van der Waals surface area contributed by atoms with Crippen LogP contribution in [-0.4, -0.2) is 36.2 Å². The second-order valence-electron chi connectivity index (χ2n) is 4.29. The number of hydrogen-bond acceptors (Lipinski definition) is 2. The van der Waals surface area contributed by atoms with E-state index in [-0.39, 0.29) is 0 Å². The van der Waals surface area contributed by atoms with Gasteiger partial charge in [0.05, 0.1) is 12.7 Å². The molecule has 0 aromatic carbocycles. The van der Waals surface area contributed by atoms with Crippen molar-refractivity contribution >= 4 is 0 Å². The second kappa shape index (κ2) is 3.75. The van der Waals surface area contributed by atoms with Crippen molar-refractivity contribution in [3.05, 3.63) is 0 Å². The summed E-state index contributed by atoms with van der Waals surface area (Å²) in [6, 6.07) is 0. The molecule has 12 heavy (non-hydrogen) atoms. The fourth-order valence-corrected chi connectivity index (χ4v) is 1.59. The standard InChI is InChI=1S/C10H21NO/c1-5-10(3,4)11-6-7-12-9(2)8-11/h9H,5-8H2,1-4H3/t9-/m0/s1. The number of ether oxygens (including phenoxy) is 1. The lowest BCUT2D eigenvalue weighted by atomic mass is 9.98. The zero-order valence-corrected chi connectivity index (χ0v) is 8.76. The van der Waals surface area contributed by atoms with E-state index in [2.05, 4.69) is 32.6 Å². The molecule has 1 atom stereocenters. The Morgan fingerprint density at radius 3 is 2.67 bits per heavy atom. The average Bonchev–Trinajstić information content (AvgIpc) is 2.05. The molecule has 0 bridgehead atoms. The first-order valence-electron chi connectivity index (χ1n) is 4.93. The summed E-state index contributed by atoms with van der Waals surface area (Å²) in [5, 5.41) is 0. The number of hydrogen-bond donors (Lipinski definition) is 0. The van der Waals surface area contributed by atoms with Crippen molar-refractivity contribution in [2.45, 2.75) is 45.8 Å². The van der Waals surface area contributed by atoms with E-state index in [0.29, 0.717) is 11.6 Å². The predicted molar refractivity (Wildman–Crippen MR) is 51.4 cm³/mol. The molecule has 72 valence electrons. The largest absolute Gasteiger partial charge is 0.376 e. The minimum absolute atomic E-state index is 0.345. The molecule has 1 aliphatic heterocycles. The summed E-state index contributed by atoms with van der Waals surface area (Å²) in [5.41, 5.74) is 0.345. The van der Waals surface area contributed by atoms with Crippen LogP contribution < -0.4 is 0 Å². The molecule has 0 aromatic rings. The third-order valence-electron chi connectivity index (χ3n) is 2.96. The highest BCUT2D eigenvalue weighted by Crippen LogP contribution is 2.20. The van der Waals surface area contributed by atoms with E-state index >= 15 is 0 Å². The lowest BCUT2D eigenvalue weighted by Crippen LogP contribution is -2.51. The van der Waals surface area contributed by atoms with Crippen LogP contribution in [0.4, 0.5) is 0 Å².